The van der Waals surface area contributed by atoms with Crippen molar-refractivity contribution in [1.82, 2.24) is 9.88 Å². The van der Waals surface area contributed by atoms with E-state index in [9.17, 15) is 18.7 Å². The number of aliphatic carboxylic acids is 1. The average molecular weight is 544 g/mol. The number of hydrogen-bond donors (Lipinski definition) is 2. The van der Waals surface area contributed by atoms with E-state index in [4.69, 9.17) is 14.5 Å². The van der Waals surface area contributed by atoms with Crippen molar-refractivity contribution in [3.05, 3.63) is 58.0 Å². The van der Waals surface area contributed by atoms with Gasteiger partial charge >= 0.3 is 5.97 Å². The third-order valence-electron chi connectivity index (χ3n) is 8.14. The van der Waals surface area contributed by atoms with E-state index in [1.807, 2.05) is 4.90 Å². The molecule has 2 N–H and O–H groups in total. The number of carboxylic acid groups (broad SMARTS) is 1. The molecule has 9 heteroatoms. The van der Waals surface area contributed by atoms with Gasteiger partial charge in [-0.2, -0.15) is 0 Å². The Morgan fingerprint density at radius 2 is 2.15 bits per heavy atom. The lowest BCUT2D eigenvalue weighted by molar-refractivity contribution is -0.143. The largest absolute Gasteiger partial charge is 0.480 e. The highest BCUT2D eigenvalue weighted by Crippen LogP contribution is 2.37. The number of nitrogens with one attached hydrogen (secondary N) is 1. The smallest absolute Gasteiger partial charge is 0.325 e. The Bertz CT molecular complexity index is 1190. The number of unbranched alkanes of at least 4 members (excludes halogenated alkanes) is 1. The van der Waals surface area contributed by atoms with Crippen LogP contribution in [0, 0.1) is 5.82 Å². The monoisotopic (exact) mass is 543 g/mol. The van der Waals surface area contributed by atoms with Crippen LogP contribution in [0.2, 0.25) is 0 Å². The van der Waals surface area contributed by atoms with Crippen LogP contribution in [0.3, 0.4) is 0 Å². The molecule has 1 aromatic heterocycles. The van der Waals surface area contributed by atoms with Crippen LogP contribution in [0.1, 0.15) is 73.5 Å². The van der Waals surface area contributed by atoms with E-state index < -0.39 is 29.6 Å². The number of carbonyl (C=O) groups is 1. The highest BCUT2D eigenvalue weighted by atomic mass is 19.1. The lowest BCUT2D eigenvalue weighted by Crippen LogP contribution is -2.40. The first-order chi connectivity index (χ1) is 18.7. The molecule has 2 aromatic rings. The number of rotatable bonds is 10. The summed E-state index contributed by atoms with van der Waals surface area (Å²) < 4.78 is 41.0. The maximum Gasteiger partial charge on any atom is 0.325 e. The number of halogens is 2. The van der Waals surface area contributed by atoms with Gasteiger partial charge in [0.25, 0.3) is 0 Å². The van der Waals surface area contributed by atoms with Gasteiger partial charge in [-0.1, -0.05) is 6.07 Å². The fraction of sp³-hybridized carbons (Fsp3) is 0.600. The number of benzene rings is 1. The molecular weight excluding hydrogens is 504 g/mol. The molecule has 4 heterocycles. The lowest BCUT2D eigenvalue weighted by atomic mass is 9.86. The Labute approximate surface area is 228 Å². The van der Waals surface area contributed by atoms with Crippen LogP contribution in [0.5, 0.6) is 0 Å². The molecule has 3 atom stereocenters. The average Bonchev–Trinajstić information content (AvgIpc) is 3.35. The van der Waals surface area contributed by atoms with Gasteiger partial charge in [0.1, 0.15) is 23.3 Å². The highest BCUT2D eigenvalue weighted by Gasteiger charge is 2.39. The molecule has 1 saturated heterocycles. The minimum atomic E-state index is -1.60. The fourth-order valence-electron chi connectivity index (χ4n) is 5.99. The van der Waals surface area contributed by atoms with Gasteiger partial charge in [-0.15, -0.1) is 0 Å². The Morgan fingerprint density at radius 1 is 1.31 bits per heavy atom. The minimum Gasteiger partial charge on any atom is -0.480 e. The number of fused-ring (bicyclic) bond motifs is 2. The van der Waals surface area contributed by atoms with E-state index >= 15 is 0 Å². The number of ether oxygens (including phenoxy) is 2. The number of carboxylic acids is 1. The molecular formula is C30H39F2N3O4. The number of anilines is 1. The quantitative estimate of drug-likeness (QED) is 0.408. The summed E-state index contributed by atoms with van der Waals surface area (Å²) in [7, 11) is 0. The number of likely N-dealkylation sites (tertiary alicyclic amines) is 1. The summed E-state index contributed by atoms with van der Waals surface area (Å²) in [6.07, 6.45) is 5.09. The fourth-order valence-corrected chi connectivity index (χ4v) is 5.99. The van der Waals surface area contributed by atoms with Crippen LogP contribution >= 0.6 is 0 Å². The Hall–Kier alpha value is -2.62. The van der Waals surface area contributed by atoms with E-state index in [1.165, 1.54) is 31.5 Å². The van der Waals surface area contributed by atoms with Crippen molar-refractivity contribution in [3.8, 4) is 0 Å². The van der Waals surface area contributed by atoms with E-state index in [0.717, 1.165) is 50.2 Å². The maximum atomic E-state index is 14.7. The van der Waals surface area contributed by atoms with Crippen molar-refractivity contribution in [2.75, 3.05) is 31.6 Å². The Balaban J connectivity index is 1.16. The molecule has 5 rings (SSSR count). The van der Waals surface area contributed by atoms with Crippen molar-refractivity contribution >= 4 is 11.8 Å². The Morgan fingerprint density at radius 3 is 2.95 bits per heavy atom. The number of aromatic nitrogens is 1. The SMILES string of the molecule is CC(C)(F)[C@H]1Cc2c(cc(F)cc2[C@H](C(=O)O)N2CC[C@@H](OCCCCc3ccc4c(n3)NCCC4)C2)CO1. The van der Waals surface area contributed by atoms with Crippen molar-refractivity contribution < 1.29 is 28.2 Å². The van der Waals surface area contributed by atoms with Crippen LogP contribution in [0.4, 0.5) is 14.6 Å². The molecule has 0 aliphatic carbocycles. The summed E-state index contributed by atoms with van der Waals surface area (Å²) in [4.78, 5) is 19.1. The molecule has 1 aromatic carbocycles. The molecule has 7 nitrogen and oxygen atoms in total. The second-order valence-electron chi connectivity index (χ2n) is 11.5. The highest BCUT2D eigenvalue weighted by molar-refractivity contribution is 5.76. The topological polar surface area (TPSA) is 83.9 Å². The molecule has 0 unspecified atom stereocenters. The van der Waals surface area contributed by atoms with E-state index in [-0.39, 0.29) is 19.1 Å². The van der Waals surface area contributed by atoms with Gasteiger partial charge in [-0.25, -0.2) is 13.8 Å². The van der Waals surface area contributed by atoms with Crippen molar-refractivity contribution in [1.29, 1.82) is 0 Å². The third-order valence-corrected chi connectivity index (χ3v) is 8.14. The summed E-state index contributed by atoms with van der Waals surface area (Å²) in [5, 5.41) is 13.6. The molecule has 3 aliphatic rings. The summed E-state index contributed by atoms with van der Waals surface area (Å²) in [5.41, 5.74) is 2.44. The number of pyridine rings is 1. The zero-order valence-corrected chi connectivity index (χ0v) is 22.8. The van der Waals surface area contributed by atoms with Gasteiger partial charge in [0.05, 0.1) is 18.8 Å². The summed E-state index contributed by atoms with van der Waals surface area (Å²) >= 11 is 0. The minimum absolute atomic E-state index is 0.0632. The van der Waals surface area contributed by atoms with Crippen LogP contribution in [-0.2, 0) is 40.1 Å². The standard InChI is InChI=1S/C30H39F2N3O4/c1-30(2,32)26-16-24-20(18-39-26)14-21(31)15-25(24)27(29(36)37)35-12-10-23(17-35)38-13-4-3-7-22-9-8-19-6-5-11-33-28(19)34-22/h8-9,14-15,23,26-27H,3-7,10-13,16-18H2,1-2H3,(H,33,34)(H,36,37)/t23-,26-,27-/m1/s1. The molecule has 0 spiro atoms. The first-order valence-electron chi connectivity index (χ1n) is 14.1. The van der Waals surface area contributed by atoms with E-state index in [1.54, 1.807) is 0 Å². The van der Waals surface area contributed by atoms with Gasteiger partial charge in [0.2, 0.25) is 0 Å². The Kier molecular flexibility index (Phi) is 8.49. The first-order valence-corrected chi connectivity index (χ1v) is 14.1. The summed E-state index contributed by atoms with van der Waals surface area (Å²) in [5.74, 6) is -0.532. The molecule has 1 fully saturated rings. The molecule has 0 amide bonds. The van der Waals surface area contributed by atoms with Gasteiger partial charge in [0, 0.05) is 38.4 Å². The zero-order valence-electron chi connectivity index (χ0n) is 22.8. The third kappa shape index (κ3) is 6.58. The predicted molar refractivity (Wildman–Crippen MR) is 144 cm³/mol. The normalized spacial score (nSPS) is 22.2. The number of hydrogen-bond acceptors (Lipinski definition) is 6. The number of nitrogens with zero attached hydrogens (tertiary/aromatic N) is 2. The maximum absolute atomic E-state index is 14.7. The van der Waals surface area contributed by atoms with Crippen molar-refractivity contribution in [2.45, 2.75) is 89.3 Å². The van der Waals surface area contributed by atoms with Gasteiger partial charge < -0.3 is 19.9 Å². The second-order valence-corrected chi connectivity index (χ2v) is 11.5. The summed E-state index contributed by atoms with van der Waals surface area (Å²) in [6.45, 7) is 5.52. The van der Waals surface area contributed by atoms with Gasteiger partial charge in [-0.05, 0) is 92.8 Å². The number of aryl methyl sites for hydroxylation is 2. The van der Waals surface area contributed by atoms with Crippen molar-refractivity contribution in [3.63, 3.8) is 0 Å². The molecule has 3 aliphatic heterocycles. The molecule has 0 saturated carbocycles. The molecule has 0 bridgehead atoms. The number of alkyl halides is 1. The molecule has 0 radical (unpaired) electrons. The first kappa shape index (κ1) is 27.9. The molecule has 39 heavy (non-hydrogen) atoms. The van der Waals surface area contributed by atoms with Gasteiger partial charge in [0.15, 0.2) is 0 Å². The van der Waals surface area contributed by atoms with Crippen LogP contribution in [-0.4, -0.2) is 65.1 Å². The van der Waals surface area contributed by atoms with Crippen LogP contribution in [0.25, 0.3) is 0 Å². The van der Waals surface area contributed by atoms with Crippen LogP contribution in [0.15, 0.2) is 24.3 Å². The summed E-state index contributed by atoms with van der Waals surface area (Å²) in [6, 6.07) is 5.93. The van der Waals surface area contributed by atoms with Gasteiger partial charge in [-0.3, -0.25) is 9.69 Å². The van der Waals surface area contributed by atoms with Crippen molar-refractivity contribution in [2.24, 2.45) is 0 Å². The second kappa shape index (κ2) is 11.9. The van der Waals surface area contributed by atoms with Crippen LogP contribution < -0.4 is 5.32 Å². The van der Waals surface area contributed by atoms with E-state index in [0.29, 0.717) is 42.8 Å². The predicted octanol–water partition coefficient (Wildman–Crippen LogP) is 5.01. The molecule has 212 valence electrons. The zero-order chi connectivity index (χ0) is 27.6. The lowest BCUT2D eigenvalue weighted by Gasteiger charge is -2.35. The van der Waals surface area contributed by atoms with E-state index in [2.05, 4.69) is 17.4 Å².